The lowest BCUT2D eigenvalue weighted by molar-refractivity contribution is 0.0920. The van der Waals surface area contributed by atoms with Gasteiger partial charge >= 0.3 is 0 Å². The highest BCUT2D eigenvalue weighted by Crippen LogP contribution is 2.43. The van der Waals surface area contributed by atoms with Gasteiger partial charge in [-0.2, -0.15) is 0 Å². The van der Waals surface area contributed by atoms with Gasteiger partial charge in [-0.1, -0.05) is 55.5 Å². The average Bonchev–Trinajstić information content (AvgIpc) is 2.92. The van der Waals surface area contributed by atoms with Crippen LogP contribution in [0.4, 0.5) is 0 Å². The van der Waals surface area contributed by atoms with Crippen LogP contribution in [0, 0.1) is 5.92 Å². The number of rotatable bonds is 3. The predicted molar refractivity (Wildman–Crippen MR) is 109 cm³/mol. The van der Waals surface area contributed by atoms with Gasteiger partial charge in [-0.05, 0) is 43.2 Å². The number of benzene rings is 2. The molecule has 4 rings (SSSR count). The van der Waals surface area contributed by atoms with Crippen molar-refractivity contribution in [1.29, 1.82) is 0 Å². The standard InChI is InChI=1S/C22H28N2O.ClH/c1-15-16(2)25-22-19(10-6-12-20(15)22)14-18-11-7-13-24(23)21(18)17-8-4-3-5-9-17;/h3-6,8-10,12,15-16,18,21H,7,11,13-14,23H2,1-2H3;1H/t15-,16+,18?,21?;/m1./s1. The van der Waals surface area contributed by atoms with E-state index in [0.717, 1.165) is 25.1 Å². The Morgan fingerprint density at radius 1 is 1.08 bits per heavy atom. The van der Waals surface area contributed by atoms with Crippen LogP contribution in [0.3, 0.4) is 0 Å². The van der Waals surface area contributed by atoms with Crippen molar-refractivity contribution in [3.8, 4) is 5.75 Å². The number of hydrogen-bond donors (Lipinski definition) is 1. The van der Waals surface area contributed by atoms with Gasteiger partial charge in [-0.3, -0.25) is 5.84 Å². The molecular weight excluding hydrogens is 344 g/mol. The number of piperidine rings is 1. The fourth-order valence-electron chi connectivity index (χ4n) is 4.52. The van der Waals surface area contributed by atoms with Gasteiger partial charge in [0.2, 0.25) is 0 Å². The second-order valence-corrected chi connectivity index (χ2v) is 7.65. The van der Waals surface area contributed by atoms with Crippen LogP contribution >= 0.6 is 12.4 Å². The second-order valence-electron chi connectivity index (χ2n) is 7.65. The zero-order valence-corrected chi connectivity index (χ0v) is 16.4. The van der Waals surface area contributed by atoms with Gasteiger partial charge in [0.25, 0.3) is 0 Å². The lowest BCUT2D eigenvalue weighted by Gasteiger charge is -2.39. The van der Waals surface area contributed by atoms with Crippen LogP contribution in [0.25, 0.3) is 0 Å². The first-order valence-corrected chi connectivity index (χ1v) is 9.50. The minimum Gasteiger partial charge on any atom is -0.490 e. The van der Waals surface area contributed by atoms with E-state index in [1.54, 1.807) is 0 Å². The van der Waals surface area contributed by atoms with Crippen molar-refractivity contribution in [1.82, 2.24) is 5.01 Å². The van der Waals surface area contributed by atoms with Crippen molar-refractivity contribution in [3.05, 3.63) is 65.2 Å². The minimum absolute atomic E-state index is 0. The number of halogens is 1. The summed E-state index contributed by atoms with van der Waals surface area (Å²) in [5.41, 5.74) is 4.03. The molecule has 2 unspecified atom stereocenters. The first kappa shape index (κ1) is 19.2. The van der Waals surface area contributed by atoms with E-state index in [-0.39, 0.29) is 24.6 Å². The SMILES string of the molecule is C[C@@H]1Oc2c(CC3CCCN(N)C3c3ccccc3)cccc2[C@@H]1C.Cl. The molecule has 0 saturated carbocycles. The summed E-state index contributed by atoms with van der Waals surface area (Å²) in [4.78, 5) is 0. The van der Waals surface area contributed by atoms with Crippen molar-refractivity contribution in [3.63, 3.8) is 0 Å². The lowest BCUT2D eigenvalue weighted by atomic mass is 9.81. The van der Waals surface area contributed by atoms with Crippen LogP contribution in [0.15, 0.2) is 48.5 Å². The number of nitrogens with two attached hydrogens (primary N) is 1. The number of hydrogen-bond acceptors (Lipinski definition) is 3. The molecule has 1 saturated heterocycles. The molecule has 2 aromatic carbocycles. The molecule has 2 heterocycles. The summed E-state index contributed by atoms with van der Waals surface area (Å²) in [6, 6.07) is 17.6. The second kappa shape index (κ2) is 7.99. The summed E-state index contributed by atoms with van der Waals surface area (Å²) in [7, 11) is 0. The molecule has 2 aliphatic heterocycles. The third-order valence-corrected chi connectivity index (χ3v) is 6.04. The Morgan fingerprint density at radius 3 is 2.62 bits per heavy atom. The Labute approximate surface area is 162 Å². The van der Waals surface area contributed by atoms with Gasteiger partial charge in [0.15, 0.2) is 0 Å². The molecule has 26 heavy (non-hydrogen) atoms. The maximum atomic E-state index is 6.41. The van der Waals surface area contributed by atoms with E-state index >= 15 is 0 Å². The zero-order valence-electron chi connectivity index (χ0n) is 15.6. The van der Waals surface area contributed by atoms with Crippen LogP contribution < -0.4 is 10.6 Å². The Kier molecular flexibility index (Phi) is 5.91. The molecule has 0 spiro atoms. The van der Waals surface area contributed by atoms with Gasteiger partial charge in [0.1, 0.15) is 11.9 Å². The Balaban J connectivity index is 0.00000196. The summed E-state index contributed by atoms with van der Waals surface area (Å²) in [5, 5.41) is 2.04. The van der Waals surface area contributed by atoms with Crippen LogP contribution in [0.1, 0.15) is 55.3 Å². The van der Waals surface area contributed by atoms with Gasteiger partial charge in [-0.25, -0.2) is 5.01 Å². The zero-order chi connectivity index (χ0) is 17.4. The van der Waals surface area contributed by atoms with Crippen LogP contribution in [-0.2, 0) is 6.42 Å². The molecule has 4 atom stereocenters. The monoisotopic (exact) mass is 372 g/mol. The summed E-state index contributed by atoms with van der Waals surface area (Å²) >= 11 is 0. The quantitative estimate of drug-likeness (QED) is 0.781. The van der Waals surface area contributed by atoms with E-state index < -0.39 is 0 Å². The minimum atomic E-state index is 0. The van der Waals surface area contributed by atoms with E-state index in [2.05, 4.69) is 62.4 Å². The predicted octanol–water partition coefficient (Wildman–Crippen LogP) is 4.86. The third-order valence-electron chi connectivity index (χ3n) is 6.04. The van der Waals surface area contributed by atoms with E-state index in [4.69, 9.17) is 10.6 Å². The fourth-order valence-corrected chi connectivity index (χ4v) is 4.52. The molecule has 2 N–H and O–H groups in total. The third kappa shape index (κ3) is 3.48. The fraction of sp³-hybridized carbons (Fsp3) is 0.455. The molecule has 2 aliphatic rings. The van der Waals surface area contributed by atoms with Crippen molar-refractivity contribution >= 4 is 12.4 Å². The first-order chi connectivity index (χ1) is 12.1. The largest absolute Gasteiger partial charge is 0.490 e. The van der Waals surface area contributed by atoms with Gasteiger partial charge in [0.05, 0.1) is 6.04 Å². The summed E-state index contributed by atoms with van der Waals surface area (Å²) in [6.07, 6.45) is 3.66. The number of fused-ring (bicyclic) bond motifs is 1. The maximum absolute atomic E-state index is 6.41. The summed E-state index contributed by atoms with van der Waals surface area (Å²) < 4.78 is 6.21. The van der Waals surface area contributed by atoms with Crippen molar-refractivity contribution < 1.29 is 4.74 Å². The Hall–Kier alpha value is -1.55. The van der Waals surface area contributed by atoms with Crippen molar-refractivity contribution in [2.24, 2.45) is 11.8 Å². The Morgan fingerprint density at radius 2 is 1.85 bits per heavy atom. The number of hydrazine groups is 1. The lowest BCUT2D eigenvalue weighted by Crippen LogP contribution is -2.44. The van der Waals surface area contributed by atoms with Crippen LogP contribution in [-0.4, -0.2) is 17.7 Å². The van der Waals surface area contributed by atoms with Gasteiger partial charge in [0, 0.05) is 18.0 Å². The van der Waals surface area contributed by atoms with E-state index in [0.29, 0.717) is 11.8 Å². The molecule has 3 nitrogen and oxygen atoms in total. The molecule has 140 valence electrons. The first-order valence-electron chi connectivity index (χ1n) is 9.50. The average molecular weight is 373 g/mol. The van der Waals surface area contributed by atoms with Crippen LogP contribution in [0.2, 0.25) is 0 Å². The molecule has 0 aromatic heterocycles. The summed E-state index contributed by atoms with van der Waals surface area (Å²) in [6.45, 7) is 5.40. The highest BCUT2D eigenvalue weighted by Gasteiger charge is 2.34. The molecule has 0 amide bonds. The van der Waals surface area contributed by atoms with Crippen molar-refractivity contribution in [2.75, 3.05) is 6.54 Å². The Bertz CT molecular complexity index is 736. The highest BCUT2D eigenvalue weighted by atomic mass is 35.5. The smallest absolute Gasteiger partial charge is 0.126 e. The maximum Gasteiger partial charge on any atom is 0.126 e. The molecule has 2 aromatic rings. The van der Waals surface area contributed by atoms with E-state index in [1.807, 2.05) is 5.01 Å². The molecule has 0 bridgehead atoms. The van der Waals surface area contributed by atoms with E-state index in [9.17, 15) is 0 Å². The number of nitrogens with zero attached hydrogens (tertiary/aromatic N) is 1. The molecule has 1 fully saturated rings. The normalized spacial score (nSPS) is 28.1. The highest BCUT2D eigenvalue weighted by molar-refractivity contribution is 5.85. The molecule has 0 radical (unpaired) electrons. The van der Waals surface area contributed by atoms with Gasteiger partial charge < -0.3 is 4.74 Å². The topological polar surface area (TPSA) is 38.5 Å². The summed E-state index contributed by atoms with van der Waals surface area (Å²) in [5.74, 6) is 8.53. The molecule has 4 heteroatoms. The molecule has 0 aliphatic carbocycles. The van der Waals surface area contributed by atoms with Crippen molar-refractivity contribution in [2.45, 2.75) is 51.2 Å². The number of ether oxygens (including phenoxy) is 1. The molecular formula is C22H29ClN2O. The van der Waals surface area contributed by atoms with E-state index in [1.165, 1.54) is 23.1 Å². The van der Waals surface area contributed by atoms with Gasteiger partial charge in [-0.15, -0.1) is 12.4 Å². The van der Waals surface area contributed by atoms with Crippen LogP contribution in [0.5, 0.6) is 5.75 Å². The number of para-hydroxylation sites is 1.